The molecule has 1 heterocycles. The van der Waals surface area contributed by atoms with Crippen LogP contribution in [0, 0.1) is 22.7 Å². The molecule has 1 spiro atoms. The Balaban J connectivity index is 2.00. The van der Waals surface area contributed by atoms with E-state index < -0.39 is 70.7 Å². The molecule has 3 fully saturated rings. The Morgan fingerprint density at radius 2 is 1.66 bits per heavy atom. The molecule has 9 atom stereocenters. The average molecular weight is 453 g/mol. The lowest BCUT2D eigenvalue weighted by Gasteiger charge is -2.60. The van der Waals surface area contributed by atoms with Crippen molar-refractivity contribution < 1.29 is 39.1 Å². The van der Waals surface area contributed by atoms with E-state index in [-0.39, 0.29) is 6.61 Å². The number of epoxide rings is 1. The number of hydrogen-bond donors (Lipinski definition) is 3. The summed E-state index contributed by atoms with van der Waals surface area (Å²) in [6.07, 6.45) is -3.21. The van der Waals surface area contributed by atoms with Crippen LogP contribution in [-0.2, 0) is 23.8 Å². The van der Waals surface area contributed by atoms with Gasteiger partial charge in [-0.1, -0.05) is 26.3 Å². The van der Waals surface area contributed by atoms with Gasteiger partial charge in [0.25, 0.3) is 0 Å². The lowest BCUT2D eigenvalue weighted by molar-refractivity contribution is -0.224. The standard InChI is InChI=1S/C24H36O8/c1-11-9-14(27)17-18(29)20-23(6,8-7-15(28)24(20)10-30-24)21(32-13(3)26)19(31-12(2)25)16(11)22(17,4)5/h14-15,17-21,27-29H,7-10H2,1-6H3/t14-,15-,17-,18+,19+,20-,21-,23+,24-/m0/s1. The van der Waals surface area contributed by atoms with Crippen molar-refractivity contribution in [3.05, 3.63) is 11.1 Å². The molecule has 0 radical (unpaired) electrons. The zero-order chi connectivity index (χ0) is 23.8. The molecule has 0 aromatic heterocycles. The van der Waals surface area contributed by atoms with E-state index in [1.807, 2.05) is 27.7 Å². The number of rotatable bonds is 2. The van der Waals surface area contributed by atoms with Crippen molar-refractivity contribution in [2.45, 2.75) is 96.9 Å². The molecular formula is C24H36O8. The van der Waals surface area contributed by atoms with E-state index >= 15 is 0 Å². The summed E-state index contributed by atoms with van der Waals surface area (Å²) in [6, 6.07) is 0. The highest BCUT2D eigenvalue weighted by atomic mass is 16.6. The van der Waals surface area contributed by atoms with Gasteiger partial charge in [0.1, 0.15) is 11.7 Å². The van der Waals surface area contributed by atoms with Crippen molar-refractivity contribution in [3.8, 4) is 0 Å². The topological polar surface area (TPSA) is 126 Å². The molecule has 1 saturated heterocycles. The van der Waals surface area contributed by atoms with Crippen LogP contribution in [0.25, 0.3) is 0 Å². The van der Waals surface area contributed by atoms with Crippen LogP contribution in [0.2, 0.25) is 0 Å². The predicted molar refractivity (Wildman–Crippen MR) is 113 cm³/mol. The Morgan fingerprint density at radius 3 is 2.19 bits per heavy atom. The van der Waals surface area contributed by atoms with Crippen molar-refractivity contribution in [2.24, 2.45) is 22.7 Å². The van der Waals surface area contributed by atoms with Crippen LogP contribution in [-0.4, -0.2) is 70.0 Å². The quantitative estimate of drug-likeness (QED) is 0.327. The van der Waals surface area contributed by atoms with Gasteiger partial charge in [-0.05, 0) is 37.2 Å². The molecule has 180 valence electrons. The maximum atomic E-state index is 12.3. The van der Waals surface area contributed by atoms with E-state index in [1.54, 1.807) is 0 Å². The molecule has 1 aliphatic heterocycles. The maximum absolute atomic E-state index is 12.3. The highest BCUT2D eigenvalue weighted by Gasteiger charge is 2.73. The summed E-state index contributed by atoms with van der Waals surface area (Å²) in [7, 11) is 0. The fourth-order valence-electron chi connectivity index (χ4n) is 7.47. The third kappa shape index (κ3) is 3.25. The van der Waals surface area contributed by atoms with E-state index in [2.05, 4.69) is 0 Å². The Labute approximate surface area is 188 Å². The SMILES string of the molecule is CC(=O)O[C@@H]1C2=C(C)C[C@H](O)[C@@H]([C@@H](O)[C@H]3[C@@](C)(CC[C@H](O)[C@@]34CO4)[C@H]1OC(C)=O)C2(C)C. The second-order valence-corrected chi connectivity index (χ2v) is 11.0. The van der Waals surface area contributed by atoms with Gasteiger partial charge in [0.05, 0.1) is 24.9 Å². The van der Waals surface area contributed by atoms with Gasteiger partial charge >= 0.3 is 11.9 Å². The van der Waals surface area contributed by atoms with Crippen molar-refractivity contribution in [2.75, 3.05) is 6.61 Å². The largest absolute Gasteiger partial charge is 0.458 e. The van der Waals surface area contributed by atoms with Gasteiger partial charge in [0.15, 0.2) is 6.10 Å². The molecule has 3 aliphatic carbocycles. The number of carbonyl (C=O) groups is 2. The fraction of sp³-hybridized carbons (Fsp3) is 0.833. The van der Waals surface area contributed by atoms with E-state index in [0.717, 1.165) is 11.1 Å². The molecule has 4 aliphatic rings. The normalized spacial score (nSPS) is 47.2. The number of carbonyl (C=O) groups excluding carboxylic acids is 2. The molecular weight excluding hydrogens is 416 g/mol. The van der Waals surface area contributed by atoms with Crippen LogP contribution in [0.4, 0.5) is 0 Å². The summed E-state index contributed by atoms with van der Waals surface area (Å²) in [4.78, 5) is 24.5. The second-order valence-electron chi connectivity index (χ2n) is 11.0. The van der Waals surface area contributed by atoms with Gasteiger partial charge in [-0.3, -0.25) is 9.59 Å². The molecule has 3 N–H and O–H groups in total. The van der Waals surface area contributed by atoms with E-state index in [9.17, 15) is 24.9 Å². The van der Waals surface area contributed by atoms with Gasteiger partial charge in [0.2, 0.25) is 0 Å². The first-order valence-electron chi connectivity index (χ1n) is 11.5. The third-order valence-electron chi connectivity index (χ3n) is 8.66. The molecule has 32 heavy (non-hydrogen) atoms. The number of esters is 2. The van der Waals surface area contributed by atoms with Crippen LogP contribution in [0.3, 0.4) is 0 Å². The zero-order valence-corrected chi connectivity index (χ0v) is 19.8. The Morgan fingerprint density at radius 1 is 1.06 bits per heavy atom. The Bertz CT molecular complexity index is 843. The molecule has 0 aromatic rings. The average Bonchev–Trinajstić information content (AvgIpc) is 3.41. The summed E-state index contributed by atoms with van der Waals surface area (Å²) >= 11 is 0. The molecule has 4 rings (SSSR count). The van der Waals surface area contributed by atoms with Gasteiger partial charge in [0, 0.05) is 31.1 Å². The van der Waals surface area contributed by atoms with Crippen molar-refractivity contribution in [3.63, 3.8) is 0 Å². The summed E-state index contributed by atoms with van der Waals surface area (Å²) in [5, 5.41) is 33.9. The summed E-state index contributed by atoms with van der Waals surface area (Å²) < 4.78 is 17.6. The van der Waals surface area contributed by atoms with Gasteiger partial charge in [-0.2, -0.15) is 0 Å². The number of fused-ring (bicyclic) bond motifs is 4. The van der Waals surface area contributed by atoms with Crippen molar-refractivity contribution in [1.29, 1.82) is 0 Å². The first-order valence-corrected chi connectivity index (χ1v) is 11.5. The highest BCUT2D eigenvalue weighted by Crippen LogP contribution is 2.64. The van der Waals surface area contributed by atoms with Gasteiger partial charge in [-0.25, -0.2) is 0 Å². The molecule has 2 saturated carbocycles. The number of aliphatic hydroxyl groups is 3. The van der Waals surface area contributed by atoms with E-state index in [4.69, 9.17) is 14.2 Å². The fourth-order valence-corrected chi connectivity index (χ4v) is 7.47. The lowest BCUT2D eigenvalue weighted by Crippen LogP contribution is -2.68. The highest BCUT2D eigenvalue weighted by molar-refractivity contribution is 5.68. The monoisotopic (exact) mass is 452 g/mol. The van der Waals surface area contributed by atoms with Crippen molar-refractivity contribution in [1.82, 2.24) is 0 Å². The minimum Gasteiger partial charge on any atom is -0.458 e. The van der Waals surface area contributed by atoms with Gasteiger partial charge in [-0.15, -0.1) is 0 Å². The first-order chi connectivity index (χ1) is 14.8. The van der Waals surface area contributed by atoms with Crippen LogP contribution >= 0.6 is 0 Å². The second kappa shape index (κ2) is 7.52. The van der Waals surface area contributed by atoms with Crippen LogP contribution in [0.1, 0.15) is 60.8 Å². The van der Waals surface area contributed by atoms with Crippen LogP contribution in [0.15, 0.2) is 11.1 Å². The Kier molecular flexibility index (Phi) is 5.56. The molecule has 0 unspecified atom stereocenters. The maximum Gasteiger partial charge on any atom is 0.303 e. The first kappa shape index (κ1) is 23.7. The smallest absolute Gasteiger partial charge is 0.303 e. The van der Waals surface area contributed by atoms with E-state index in [0.29, 0.717) is 19.3 Å². The summed E-state index contributed by atoms with van der Waals surface area (Å²) in [5.74, 6) is -2.21. The van der Waals surface area contributed by atoms with E-state index in [1.165, 1.54) is 13.8 Å². The molecule has 8 heteroatoms. The van der Waals surface area contributed by atoms with Crippen LogP contribution < -0.4 is 0 Å². The number of ether oxygens (including phenoxy) is 3. The summed E-state index contributed by atoms with van der Waals surface area (Å²) in [5.41, 5.74) is -0.957. The molecule has 2 bridgehead atoms. The number of aliphatic hydroxyl groups excluding tert-OH is 3. The molecule has 0 amide bonds. The third-order valence-corrected chi connectivity index (χ3v) is 8.66. The lowest BCUT2D eigenvalue weighted by atomic mass is 9.47. The molecule has 8 nitrogen and oxygen atoms in total. The minimum absolute atomic E-state index is 0.279. The summed E-state index contributed by atoms with van der Waals surface area (Å²) in [6.45, 7) is 10.6. The zero-order valence-electron chi connectivity index (χ0n) is 19.8. The van der Waals surface area contributed by atoms with Crippen molar-refractivity contribution >= 4 is 11.9 Å². The van der Waals surface area contributed by atoms with Gasteiger partial charge < -0.3 is 29.5 Å². The Hall–Kier alpha value is -1.48. The minimum atomic E-state index is -1.03. The van der Waals surface area contributed by atoms with Crippen LogP contribution in [0.5, 0.6) is 0 Å². The predicted octanol–water partition coefficient (Wildman–Crippen LogP) is 1.49. The number of hydrogen-bond acceptors (Lipinski definition) is 8. The molecule has 0 aromatic carbocycles.